The summed E-state index contributed by atoms with van der Waals surface area (Å²) in [6.45, 7) is 1.99. The summed E-state index contributed by atoms with van der Waals surface area (Å²) >= 11 is 0. The molecule has 2 aromatic carbocycles. The fourth-order valence-electron chi connectivity index (χ4n) is 3.87. The van der Waals surface area contributed by atoms with Gasteiger partial charge in [-0.3, -0.25) is 14.0 Å². The second kappa shape index (κ2) is 8.75. The van der Waals surface area contributed by atoms with Crippen molar-refractivity contribution in [3.8, 4) is 28.3 Å². The maximum absolute atomic E-state index is 13.4. The molecule has 2 aromatic heterocycles. The average molecular weight is 486 g/mol. The standard InChI is InChI=1S/C25H25F3N4O3/c1-24(2,25(26,27)28)11-20(33)23-21(34-4)9-17(10-22(23)35-5)32-14-29-18-8-15(6-7-19(18)32)16-12-30-31(3)13-16/h6-10,12-14H,11H2,1-5H3. The number of benzene rings is 2. The number of hydrogen-bond donors (Lipinski definition) is 0. The third-order valence-electron chi connectivity index (χ3n) is 6.00. The van der Waals surface area contributed by atoms with Crippen molar-refractivity contribution in [2.24, 2.45) is 12.5 Å². The van der Waals surface area contributed by atoms with Gasteiger partial charge in [-0.1, -0.05) is 19.9 Å². The van der Waals surface area contributed by atoms with Crippen LogP contribution in [0.3, 0.4) is 0 Å². The predicted octanol–water partition coefficient (Wildman–Crippen LogP) is 5.60. The van der Waals surface area contributed by atoms with E-state index in [1.165, 1.54) is 14.2 Å². The van der Waals surface area contributed by atoms with E-state index in [1.54, 1.807) is 33.9 Å². The number of ketones is 1. The summed E-state index contributed by atoms with van der Waals surface area (Å²) in [6.07, 6.45) is 0.0225. The third kappa shape index (κ3) is 4.48. The van der Waals surface area contributed by atoms with Crippen LogP contribution in [-0.4, -0.2) is 45.5 Å². The Bertz CT molecular complexity index is 1380. The van der Waals surface area contributed by atoms with E-state index in [9.17, 15) is 18.0 Å². The van der Waals surface area contributed by atoms with Crippen LogP contribution in [0.2, 0.25) is 0 Å². The van der Waals surface area contributed by atoms with E-state index in [1.807, 2.05) is 31.4 Å². The zero-order valence-corrected chi connectivity index (χ0v) is 20.0. The van der Waals surface area contributed by atoms with Gasteiger partial charge in [-0.2, -0.15) is 18.3 Å². The summed E-state index contributed by atoms with van der Waals surface area (Å²) in [5.41, 5.74) is 1.79. The van der Waals surface area contributed by atoms with Crippen LogP contribution in [0.1, 0.15) is 30.6 Å². The molecule has 0 atom stereocenters. The molecule has 35 heavy (non-hydrogen) atoms. The maximum atomic E-state index is 13.4. The molecule has 0 bridgehead atoms. The maximum Gasteiger partial charge on any atom is 0.394 e. The number of methoxy groups -OCH3 is 2. The van der Waals surface area contributed by atoms with Gasteiger partial charge in [0, 0.05) is 37.4 Å². The number of halogens is 3. The van der Waals surface area contributed by atoms with Crippen molar-refractivity contribution in [1.82, 2.24) is 19.3 Å². The molecule has 0 fully saturated rings. The smallest absolute Gasteiger partial charge is 0.394 e. The van der Waals surface area contributed by atoms with Gasteiger partial charge in [-0.05, 0) is 17.7 Å². The molecule has 0 radical (unpaired) electrons. The number of imidazole rings is 1. The second-order valence-electron chi connectivity index (χ2n) is 8.93. The van der Waals surface area contributed by atoms with E-state index in [0.717, 1.165) is 36.0 Å². The van der Waals surface area contributed by atoms with Gasteiger partial charge < -0.3 is 9.47 Å². The highest BCUT2D eigenvalue weighted by Gasteiger charge is 2.48. The third-order valence-corrected chi connectivity index (χ3v) is 6.00. The fourth-order valence-corrected chi connectivity index (χ4v) is 3.87. The van der Waals surface area contributed by atoms with Crippen molar-refractivity contribution in [3.63, 3.8) is 0 Å². The lowest BCUT2D eigenvalue weighted by atomic mass is 9.84. The number of aryl methyl sites for hydroxylation is 1. The topological polar surface area (TPSA) is 71.2 Å². The second-order valence-corrected chi connectivity index (χ2v) is 8.93. The van der Waals surface area contributed by atoms with Crippen LogP contribution in [0.4, 0.5) is 13.2 Å². The van der Waals surface area contributed by atoms with Crippen molar-refractivity contribution in [1.29, 1.82) is 0 Å². The molecule has 0 saturated heterocycles. The lowest BCUT2D eigenvalue weighted by Gasteiger charge is -2.27. The SMILES string of the molecule is COc1cc(-n2cnc3cc(-c4cnn(C)c4)ccc32)cc(OC)c1C(=O)CC(C)(C)C(F)(F)F. The van der Waals surface area contributed by atoms with Gasteiger partial charge in [0.05, 0.1) is 42.6 Å². The Kier molecular flexibility index (Phi) is 6.08. The summed E-state index contributed by atoms with van der Waals surface area (Å²) in [5, 5.41) is 4.20. The number of carbonyl (C=O) groups excluding carboxylic acids is 1. The van der Waals surface area contributed by atoms with Crippen molar-refractivity contribution >= 4 is 16.8 Å². The predicted molar refractivity (Wildman–Crippen MR) is 125 cm³/mol. The van der Waals surface area contributed by atoms with Gasteiger partial charge >= 0.3 is 6.18 Å². The van der Waals surface area contributed by atoms with Gasteiger partial charge in [-0.25, -0.2) is 4.98 Å². The van der Waals surface area contributed by atoms with E-state index in [4.69, 9.17) is 9.47 Å². The highest BCUT2D eigenvalue weighted by molar-refractivity contribution is 6.02. The molecule has 10 heteroatoms. The molecule has 2 heterocycles. The summed E-state index contributed by atoms with van der Waals surface area (Å²) in [6, 6.07) is 8.98. The minimum absolute atomic E-state index is 0.0284. The number of Topliss-reactive ketones (excluding diaryl/α,β-unsaturated/α-hetero) is 1. The Morgan fingerprint density at radius 1 is 1.03 bits per heavy atom. The van der Waals surface area contributed by atoms with Crippen LogP contribution in [-0.2, 0) is 7.05 Å². The van der Waals surface area contributed by atoms with Crippen LogP contribution < -0.4 is 9.47 Å². The van der Waals surface area contributed by atoms with Gasteiger partial charge in [0.25, 0.3) is 0 Å². The lowest BCUT2D eigenvalue weighted by molar-refractivity contribution is -0.210. The lowest BCUT2D eigenvalue weighted by Crippen LogP contribution is -2.34. The Labute approximate surface area is 200 Å². The fraction of sp³-hybridized carbons (Fsp3) is 0.320. The molecule has 0 aliphatic carbocycles. The normalized spacial score (nSPS) is 12.2. The monoisotopic (exact) mass is 486 g/mol. The Balaban J connectivity index is 1.75. The zero-order valence-electron chi connectivity index (χ0n) is 20.0. The van der Waals surface area contributed by atoms with Crippen molar-refractivity contribution in [2.75, 3.05) is 14.2 Å². The summed E-state index contributed by atoms with van der Waals surface area (Å²) in [5.74, 6) is -0.475. The molecule has 184 valence electrons. The number of carbonyl (C=O) groups is 1. The first-order valence-electron chi connectivity index (χ1n) is 10.8. The Morgan fingerprint density at radius 2 is 1.69 bits per heavy atom. The van der Waals surface area contributed by atoms with E-state index < -0.39 is 23.8 Å². The molecule has 0 aliphatic rings. The molecule has 7 nitrogen and oxygen atoms in total. The highest BCUT2D eigenvalue weighted by atomic mass is 19.4. The molecule has 0 spiro atoms. The molecule has 0 N–H and O–H groups in total. The molecule has 0 amide bonds. The number of aromatic nitrogens is 4. The zero-order chi connectivity index (χ0) is 25.5. The molecule has 0 unspecified atom stereocenters. The number of hydrogen-bond acceptors (Lipinski definition) is 5. The molecular weight excluding hydrogens is 461 g/mol. The van der Waals surface area contributed by atoms with Gasteiger partial charge in [0.1, 0.15) is 23.4 Å². The average Bonchev–Trinajstić information content (AvgIpc) is 3.42. The number of alkyl halides is 3. The summed E-state index contributed by atoms with van der Waals surface area (Å²) in [4.78, 5) is 17.5. The van der Waals surface area contributed by atoms with Crippen molar-refractivity contribution in [2.45, 2.75) is 26.4 Å². The largest absolute Gasteiger partial charge is 0.496 e. The molecule has 0 saturated carbocycles. The quantitative estimate of drug-likeness (QED) is 0.318. The molecule has 0 aliphatic heterocycles. The van der Waals surface area contributed by atoms with Gasteiger partial charge in [-0.15, -0.1) is 0 Å². The molecule has 4 aromatic rings. The molecular formula is C25H25F3N4O3. The summed E-state index contributed by atoms with van der Waals surface area (Å²) < 4.78 is 54.5. The first kappa shape index (κ1) is 24.3. The summed E-state index contributed by atoms with van der Waals surface area (Å²) in [7, 11) is 4.56. The minimum Gasteiger partial charge on any atom is -0.496 e. The van der Waals surface area contributed by atoms with Crippen LogP contribution in [0.25, 0.3) is 27.8 Å². The number of fused-ring (bicyclic) bond motifs is 1. The number of rotatable bonds is 7. The number of ether oxygens (including phenoxy) is 2. The number of nitrogens with zero attached hydrogens (tertiary/aromatic N) is 4. The van der Waals surface area contributed by atoms with Crippen LogP contribution in [0.15, 0.2) is 49.1 Å². The van der Waals surface area contributed by atoms with E-state index in [0.29, 0.717) is 5.69 Å². The molecule has 4 rings (SSSR count). The van der Waals surface area contributed by atoms with E-state index in [2.05, 4.69) is 10.1 Å². The highest BCUT2D eigenvalue weighted by Crippen LogP contribution is 2.43. The van der Waals surface area contributed by atoms with E-state index >= 15 is 0 Å². The first-order chi connectivity index (χ1) is 16.4. The minimum atomic E-state index is -4.53. The Hall–Kier alpha value is -3.82. The van der Waals surface area contributed by atoms with Crippen LogP contribution in [0.5, 0.6) is 11.5 Å². The van der Waals surface area contributed by atoms with E-state index in [-0.39, 0.29) is 17.1 Å². The van der Waals surface area contributed by atoms with Crippen molar-refractivity contribution in [3.05, 3.63) is 54.6 Å². The van der Waals surface area contributed by atoms with Gasteiger partial charge in [0.2, 0.25) is 0 Å². The van der Waals surface area contributed by atoms with Gasteiger partial charge in [0.15, 0.2) is 5.78 Å². The first-order valence-corrected chi connectivity index (χ1v) is 10.8. The van der Waals surface area contributed by atoms with Crippen LogP contribution >= 0.6 is 0 Å². The Morgan fingerprint density at radius 3 is 2.23 bits per heavy atom. The van der Waals surface area contributed by atoms with Crippen LogP contribution in [0, 0.1) is 5.41 Å². The van der Waals surface area contributed by atoms with Crippen molar-refractivity contribution < 1.29 is 27.4 Å².